The highest BCUT2D eigenvalue weighted by Gasteiger charge is 2.11. The van der Waals surface area contributed by atoms with Crippen LogP contribution in [0.4, 0.5) is 0 Å². The van der Waals surface area contributed by atoms with Crippen molar-refractivity contribution in [1.82, 2.24) is 29.1 Å². The fraction of sp³-hybridized carbons (Fsp3) is 0.0588. The fourth-order valence-electron chi connectivity index (χ4n) is 5.40. The molecule has 204 valence electrons. The molecular formula is C34H25ClN6O. The quantitative estimate of drug-likeness (QED) is 0.229. The molecule has 0 spiro atoms. The van der Waals surface area contributed by atoms with Gasteiger partial charge in [-0.05, 0) is 64.4 Å². The number of phenols is 1. The minimum atomic E-state index is 0.199. The smallest absolute Gasteiger partial charge is 0.118 e. The maximum Gasteiger partial charge on any atom is 0.118 e. The molecule has 0 atom stereocenters. The van der Waals surface area contributed by atoms with E-state index in [9.17, 15) is 5.11 Å². The molecule has 0 fully saturated rings. The Labute approximate surface area is 246 Å². The second-order valence-corrected chi connectivity index (χ2v) is 10.6. The van der Waals surface area contributed by atoms with Gasteiger partial charge in [-0.25, -0.2) is 0 Å². The van der Waals surface area contributed by atoms with Gasteiger partial charge in [-0.3, -0.25) is 19.9 Å². The number of hydrogen-bond donors (Lipinski definition) is 1. The van der Waals surface area contributed by atoms with Gasteiger partial charge in [0.2, 0.25) is 0 Å². The number of rotatable bonds is 2. The Balaban J connectivity index is 0.000000137. The molecule has 0 unspecified atom stereocenters. The average Bonchev–Trinajstić information content (AvgIpc) is 3.57. The highest BCUT2D eigenvalue weighted by molar-refractivity contribution is 6.31. The van der Waals surface area contributed by atoms with Crippen LogP contribution >= 0.6 is 11.6 Å². The normalized spacial score (nSPS) is 11.3. The van der Waals surface area contributed by atoms with Crippen LogP contribution in [0, 0.1) is 0 Å². The van der Waals surface area contributed by atoms with Crippen LogP contribution in [-0.4, -0.2) is 34.2 Å². The van der Waals surface area contributed by atoms with Crippen LogP contribution in [0.3, 0.4) is 0 Å². The van der Waals surface area contributed by atoms with Crippen LogP contribution in [-0.2, 0) is 14.1 Å². The molecule has 1 N–H and O–H groups in total. The minimum absolute atomic E-state index is 0.199. The zero-order valence-corrected chi connectivity index (χ0v) is 23.7. The van der Waals surface area contributed by atoms with E-state index in [1.165, 1.54) is 16.3 Å². The van der Waals surface area contributed by atoms with Gasteiger partial charge >= 0.3 is 0 Å². The molecular weight excluding hydrogens is 544 g/mol. The standard InChI is InChI=1S/C17H12ClN3.C17H13N3O/c1-21-7-4-11-2-3-12(8-16(11)21)14-9-13(18)10-15-17(14)20-6-5-19-15;1-20-7-4-11-2-3-12(8-16(11)20)14-9-13(21)10-15-17(14)19-6-5-18-15/h2-10H,1H3;2-10,21H,1H3. The summed E-state index contributed by atoms with van der Waals surface area (Å²) in [5.41, 5.74) is 9.51. The number of fused-ring (bicyclic) bond motifs is 4. The van der Waals surface area contributed by atoms with Crippen LogP contribution in [0.25, 0.3) is 66.1 Å². The van der Waals surface area contributed by atoms with Gasteiger partial charge in [0.05, 0.1) is 22.1 Å². The van der Waals surface area contributed by atoms with Crippen molar-refractivity contribution in [2.24, 2.45) is 14.1 Å². The first-order valence-electron chi connectivity index (χ1n) is 13.4. The van der Waals surface area contributed by atoms with Crippen molar-refractivity contribution >= 4 is 55.5 Å². The summed E-state index contributed by atoms with van der Waals surface area (Å²) in [6.45, 7) is 0. The summed E-state index contributed by atoms with van der Waals surface area (Å²) in [6.07, 6.45) is 10.8. The molecule has 4 aromatic carbocycles. The van der Waals surface area contributed by atoms with E-state index < -0.39 is 0 Å². The molecule has 4 heterocycles. The first-order valence-corrected chi connectivity index (χ1v) is 13.8. The van der Waals surface area contributed by atoms with Gasteiger partial charge in [-0.1, -0.05) is 35.9 Å². The van der Waals surface area contributed by atoms with Crippen LogP contribution in [0.15, 0.2) is 110 Å². The summed E-state index contributed by atoms with van der Waals surface area (Å²) < 4.78 is 4.19. The maximum absolute atomic E-state index is 9.93. The zero-order chi connectivity index (χ0) is 28.8. The molecule has 0 radical (unpaired) electrons. The molecule has 0 saturated carbocycles. The Morgan fingerprint density at radius 3 is 1.64 bits per heavy atom. The lowest BCUT2D eigenvalue weighted by Gasteiger charge is -2.07. The highest BCUT2D eigenvalue weighted by atomic mass is 35.5. The molecule has 4 aromatic heterocycles. The van der Waals surface area contributed by atoms with Gasteiger partial charge < -0.3 is 14.2 Å². The summed E-state index contributed by atoms with van der Waals surface area (Å²) in [5, 5.41) is 13.0. The topological polar surface area (TPSA) is 81.7 Å². The minimum Gasteiger partial charge on any atom is -0.508 e. The predicted octanol–water partition coefficient (Wildman–Crippen LogP) is 7.94. The van der Waals surface area contributed by atoms with Crippen molar-refractivity contribution < 1.29 is 5.11 Å². The van der Waals surface area contributed by atoms with Gasteiger partial charge in [0.15, 0.2) is 0 Å². The summed E-state index contributed by atoms with van der Waals surface area (Å²) in [4.78, 5) is 17.5. The Bertz CT molecular complexity index is 2110. The molecule has 0 aliphatic rings. The average molecular weight is 569 g/mol. The number of halogens is 1. The van der Waals surface area contributed by atoms with E-state index in [2.05, 4.69) is 77.7 Å². The number of phenolic OH excluding ortho intramolecular Hbond substituents is 1. The van der Waals surface area contributed by atoms with E-state index in [1.807, 2.05) is 38.5 Å². The Hall–Kier alpha value is -5.27. The molecule has 0 aliphatic carbocycles. The maximum atomic E-state index is 9.93. The third kappa shape index (κ3) is 4.60. The zero-order valence-electron chi connectivity index (χ0n) is 22.9. The first-order chi connectivity index (χ1) is 20.4. The second kappa shape index (κ2) is 10.3. The van der Waals surface area contributed by atoms with Gasteiger partial charge in [0.1, 0.15) is 5.75 Å². The molecule has 0 bridgehead atoms. The number of benzene rings is 4. The van der Waals surface area contributed by atoms with Gasteiger partial charge in [-0.2, -0.15) is 0 Å². The lowest BCUT2D eigenvalue weighted by atomic mass is 10.0. The van der Waals surface area contributed by atoms with Gasteiger partial charge in [0, 0.05) is 84.5 Å². The van der Waals surface area contributed by atoms with Gasteiger partial charge in [-0.15, -0.1) is 0 Å². The molecule has 0 aliphatic heterocycles. The Morgan fingerprint density at radius 1 is 0.571 bits per heavy atom. The van der Waals surface area contributed by atoms with E-state index in [-0.39, 0.29) is 5.75 Å². The van der Waals surface area contributed by atoms with Crippen molar-refractivity contribution in [3.8, 4) is 28.0 Å². The molecule has 0 amide bonds. The molecule has 8 rings (SSSR count). The molecule has 0 saturated heterocycles. The van der Waals surface area contributed by atoms with Crippen LogP contribution < -0.4 is 0 Å². The highest BCUT2D eigenvalue weighted by Crippen LogP contribution is 2.33. The fourth-order valence-corrected chi connectivity index (χ4v) is 5.61. The van der Waals surface area contributed by atoms with Crippen molar-refractivity contribution in [1.29, 1.82) is 0 Å². The first kappa shape index (κ1) is 25.7. The van der Waals surface area contributed by atoms with E-state index in [1.54, 1.807) is 36.9 Å². The van der Waals surface area contributed by atoms with E-state index in [0.29, 0.717) is 10.5 Å². The Kier molecular flexibility index (Phi) is 6.29. The lowest BCUT2D eigenvalue weighted by molar-refractivity contribution is 0.476. The van der Waals surface area contributed by atoms with Crippen LogP contribution in [0.5, 0.6) is 5.75 Å². The number of hydrogen-bond acceptors (Lipinski definition) is 5. The number of nitrogens with zero attached hydrogens (tertiary/aromatic N) is 6. The van der Waals surface area contributed by atoms with E-state index in [0.717, 1.165) is 44.3 Å². The number of aryl methyl sites for hydroxylation is 2. The van der Waals surface area contributed by atoms with Crippen molar-refractivity contribution in [3.63, 3.8) is 0 Å². The predicted molar refractivity (Wildman–Crippen MR) is 170 cm³/mol. The molecule has 42 heavy (non-hydrogen) atoms. The molecule has 7 nitrogen and oxygen atoms in total. The SMILES string of the molecule is Cn1ccc2ccc(-c3cc(Cl)cc4nccnc34)cc21.Cn1ccc2ccc(-c3cc(O)cc4nccnc34)cc21. The molecule has 8 aromatic rings. The van der Waals surface area contributed by atoms with Crippen molar-refractivity contribution in [3.05, 3.63) is 115 Å². The third-order valence-corrected chi connectivity index (χ3v) is 7.71. The number of aromatic hydroxyl groups is 1. The largest absolute Gasteiger partial charge is 0.508 e. The van der Waals surface area contributed by atoms with Crippen LogP contribution in [0.1, 0.15) is 0 Å². The van der Waals surface area contributed by atoms with Crippen LogP contribution in [0.2, 0.25) is 5.02 Å². The Morgan fingerprint density at radius 2 is 1.07 bits per heavy atom. The monoisotopic (exact) mass is 568 g/mol. The molecule has 8 heteroatoms. The van der Waals surface area contributed by atoms with E-state index >= 15 is 0 Å². The van der Waals surface area contributed by atoms with Gasteiger partial charge in [0.25, 0.3) is 0 Å². The second-order valence-electron chi connectivity index (χ2n) is 10.2. The van der Waals surface area contributed by atoms with Crippen molar-refractivity contribution in [2.45, 2.75) is 0 Å². The summed E-state index contributed by atoms with van der Waals surface area (Å²) in [6, 6.07) is 24.0. The summed E-state index contributed by atoms with van der Waals surface area (Å²) >= 11 is 6.23. The lowest BCUT2D eigenvalue weighted by Crippen LogP contribution is -1.89. The summed E-state index contributed by atoms with van der Waals surface area (Å²) in [7, 11) is 4.06. The summed E-state index contributed by atoms with van der Waals surface area (Å²) in [5.74, 6) is 0.199. The van der Waals surface area contributed by atoms with E-state index in [4.69, 9.17) is 11.6 Å². The third-order valence-electron chi connectivity index (χ3n) is 7.50. The van der Waals surface area contributed by atoms with Crippen molar-refractivity contribution in [2.75, 3.05) is 0 Å². The number of aromatic nitrogens is 6.